The van der Waals surface area contributed by atoms with Crippen LogP contribution in [0.1, 0.15) is 176 Å². The van der Waals surface area contributed by atoms with Crippen LogP contribution in [0.25, 0.3) is 40.9 Å². The van der Waals surface area contributed by atoms with Crippen LogP contribution in [-0.4, -0.2) is 126 Å². The number of nitrogens with two attached hydrogens (primary N) is 1. The van der Waals surface area contributed by atoms with Gasteiger partial charge >= 0.3 is 67.5 Å². The minimum absolute atomic E-state index is 0. The fourth-order valence-electron chi connectivity index (χ4n) is 7.31. The number of benzene rings is 4. The number of alkyl halides is 2. The topological polar surface area (TPSA) is 382 Å². The number of carbonyl (C=O) groups excluding carboxylic acids is 8. The molecule has 4 aromatic heterocycles. The van der Waals surface area contributed by atoms with Crippen LogP contribution >= 0.6 is 90.0 Å². The first-order valence-corrected chi connectivity index (χ1v) is 36.5. The zero-order valence-corrected chi connectivity index (χ0v) is 71.1. The van der Waals surface area contributed by atoms with Crippen LogP contribution in [0, 0.1) is 24.0 Å². The summed E-state index contributed by atoms with van der Waals surface area (Å²) in [5.41, 5.74) is 7.21. The van der Waals surface area contributed by atoms with E-state index in [0.29, 0.717) is 26.9 Å². The van der Waals surface area contributed by atoms with E-state index in [2.05, 4.69) is 86.6 Å². The van der Waals surface area contributed by atoms with E-state index in [1.54, 1.807) is 158 Å². The van der Waals surface area contributed by atoms with Crippen molar-refractivity contribution in [3.8, 4) is 0 Å². The van der Waals surface area contributed by atoms with Crippen molar-refractivity contribution >= 4 is 208 Å². The van der Waals surface area contributed by atoms with Gasteiger partial charge in [0, 0.05) is 33.5 Å². The molecule has 0 bridgehead atoms. The van der Waals surface area contributed by atoms with Crippen molar-refractivity contribution in [3.05, 3.63) is 105 Å². The maximum absolute atomic E-state index is 12.7. The number of thiol groups is 1. The van der Waals surface area contributed by atoms with E-state index in [0.717, 1.165) is 52.3 Å². The number of aromatic nitrogens is 4. The molecule has 4 N–H and O–H groups in total. The summed E-state index contributed by atoms with van der Waals surface area (Å²) in [4.78, 5) is 123. The van der Waals surface area contributed by atoms with E-state index in [-0.39, 0.29) is 36.4 Å². The average molecular weight is 1780 g/mol. The van der Waals surface area contributed by atoms with Crippen LogP contribution < -0.4 is 20.9 Å². The standard InChI is InChI=1S/C18H22Br2N2O4S.C18H24N2O4S.C13H14N2O3S.C10H18O5.C8H8N2S.Ag.BHNS.HNO3/c1-17(2,3)25-15(23)22(16(24)26-18(4,5)6)14-21-12-10(13(19)20)8-7-9-11(12)27-14;1-11-9-8-10-12-13(11)19-14(25-12)20(15(21)23-17(2,3)4)16(22)24-18(5,6)7;1-13(2,3)18-12(17)15-11-14-10-8(7-16)5-4-6-9(10)19-11;1-9(2,3)14-7(11)13-8(12)15-10(4,5)6;1-5-3-2-4-6-7(5)10-8(9)11-6;;1-2-3;2-1(3)4/h7-9,13H,1-6H3;8-10H,1-7H3;4-7H,1-3H3,(H,14,15,17);1-6H3;2-4H,1H3,(H2,9,10);;3H;(H,2,3,4). The van der Waals surface area contributed by atoms with Gasteiger partial charge in [0.2, 0.25) is 10.3 Å². The van der Waals surface area contributed by atoms with Crippen molar-refractivity contribution in [1.29, 1.82) is 0 Å². The molecule has 8 rings (SSSR count). The molecule has 2 radical (unpaired) electrons. The minimum atomic E-state index is -1.50. The summed E-state index contributed by atoms with van der Waals surface area (Å²) in [6.45, 7) is 40.2. The fraction of sp³-hybridized carbons (Fsp3) is 0.463. The molecule has 38 heteroatoms. The molecule has 0 spiro atoms. The van der Waals surface area contributed by atoms with Crippen molar-refractivity contribution in [1.82, 2.24) is 19.9 Å². The Morgan fingerprint density at radius 1 is 0.543 bits per heavy atom. The second-order valence-electron chi connectivity index (χ2n) is 28.3. The number of ether oxygens (including phenoxy) is 8. The van der Waals surface area contributed by atoms with Crippen LogP contribution in [0.5, 0.6) is 0 Å². The predicted molar refractivity (Wildman–Crippen MR) is 418 cm³/mol. The van der Waals surface area contributed by atoms with Crippen molar-refractivity contribution in [3.63, 3.8) is 0 Å². The second-order valence-corrected chi connectivity index (χ2v) is 35.7. The fourth-order valence-corrected chi connectivity index (χ4v) is 11.8. The van der Waals surface area contributed by atoms with E-state index in [1.165, 1.54) is 55.6 Å². The Kier molecular flexibility index (Phi) is 37.3. The molecule has 0 aliphatic carbocycles. The van der Waals surface area contributed by atoms with E-state index in [4.69, 9.17) is 54.2 Å². The zero-order chi connectivity index (χ0) is 80.0. The van der Waals surface area contributed by atoms with Crippen LogP contribution in [0.4, 0.5) is 54.1 Å². The number of hydrogen-bond acceptors (Lipinski definition) is 29. The molecule has 0 unspecified atom stereocenters. The van der Waals surface area contributed by atoms with Crippen LogP contribution in [0.3, 0.4) is 0 Å². The van der Waals surface area contributed by atoms with E-state index < -0.39 is 87.1 Å². The molecule has 29 nitrogen and oxygen atoms in total. The van der Waals surface area contributed by atoms with Crippen LogP contribution in [0.15, 0.2) is 77.1 Å². The van der Waals surface area contributed by atoms with Gasteiger partial charge in [-0.1, -0.05) is 120 Å². The van der Waals surface area contributed by atoms with Gasteiger partial charge in [0.05, 0.1) is 44.6 Å². The molecule has 4 aromatic carbocycles. The molecule has 0 aliphatic rings. The summed E-state index contributed by atoms with van der Waals surface area (Å²) in [7, 11) is 4.34. The summed E-state index contributed by atoms with van der Waals surface area (Å²) in [5.74, 6) is 0. The number of aldehydes is 1. The number of nitrogens with one attached hydrogen (secondary N) is 1. The van der Waals surface area contributed by atoms with Gasteiger partial charge in [-0.2, -0.15) is 9.80 Å². The van der Waals surface area contributed by atoms with Crippen molar-refractivity contribution < 1.29 is 109 Å². The third-order valence-corrected chi connectivity index (χ3v) is 15.5. The third kappa shape index (κ3) is 36.6. The SMILES string of the molecule is CC(C)(C)OC(=O)N(C(=O)OC(C)(C)C)c1nc2c(C(Br)Br)cccc2s1.CC(C)(C)OC(=O)Nc1nc2c(C=O)cccc2s1.CC(C)(C)OC(=O)OC(=O)OC(C)(C)C.Cc1cccc2sc(N(C(=O)OC(C)(C)C)C(=O)OC(C)(C)C)nc12.Cc1cccc2sc(N)nc12.O=[N+]([O-])O.[Ag].[B]=NS. The van der Waals surface area contributed by atoms with Crippen LogP contribution in [0.2, 0.25) is 0 Å². The predicted octanol–water partition coefficient (Wildman–Crippen LogP) is 20.4. The Labute approximate surface area is 664 Å². The summed E-state index contributed by atoms with van der Waals surface area (Å²) < 4.78 is 46.8. The number of para-hydroxylation sites is 4. The van der Waals surface area contributed by atoms with E-state index >= 15 is 0 Å². The summed E-state index contributed by atoms with van der Waals surface area (Å²) >= 11 is 15.4. The number of fused-ring (bicyclic) bond motifs is 4. The average Bonchev–Trinajstić information content (AvgIpc) is 1.63. The molecule has 4 heterocycles. The summed E-state index contributed by atoms with van der Waals surface area (Å²) in [5, 5.41) is 17.7. The van der Waals surface area contributed by atoms with Crippen molar-refractivity contribution in [2.24, 2.45) is 4.30 Å². The monoisotopic (exact) mass is 1770 g/mol. The quantitative estimate of drug-likeness (QED) is 0.0143. The number of hydrogen-bond donors (Lipinski definition) is 4. The Bertz CT molecular complexity index is 4210. The van der Waals surface area contributed by atoms with Crippen molar-refractivity contribution in [2.75, 3.05) is 20.9 Å². The van der Waals surface area contributed by atoms with Gasteiger partial charge in [0.1, 0.15) is 39.2 Å². The van der Waals surface area contributed by atoms with E-state index in [9.17, 15) is 38.4 Å². The van der Waals surface area contributed by atoms with Gasteiger partial charge in [-0.3, -0.25) is 10.1 Å². The number of nitrogen functional groups attached to an aromatic ring is 1. The number of carbonyl (C=O) groups is 8. The molecular formula is C67H88AgBBr2N10O19S5. The first kappa shape index (κ1) is 95.5. The molecule has 105 heavy (non-hydrogen) atoms. The first-order valence-electron chi connectivity index (χ1n) is 31.0. The number of amides is 5. The number of thiazole rings is 4. The molecule has 0 saturated carbocycles. The number of aryl methyl sites for hydroxylation is 2. The Morgan fingerprint density at radius 3 is 1.19 bits per heavy atom. The third-order valence-electron chi connectivity index (χ3n) is 10.7. The normalized spacial score (nSPS) is 11.3. The van der Waals surface area contributed by atoms with Crippen molar-refractivity contribution in [2.45, 2.75) is 202 Å². The van der Waals surface area contributed by atoms with Gasteiger partial charge in [-0.05, 0) is 201 Å². The summed E-state index contributed by atoms with van der Waals surface area (Å²) in [6.07, 6.45) is -5.19. The molecular weight excluding hydrogens is 1690 g/mol. The number of nitrogens with zero attached hydrogens (tertiary/aromatic N) is 8. The molecule has 0 fully saturated rings. The first-order chi connectivity index (χ1) is 47.5. The van der Waals surface area contributed by atoms with Gasteiger partial charge in [-0.15, -0.1) is 10.1 Å². The molecule has 0 saturated heterocycles. The molecule has 5 amide bonds. The molecule has 8 aromatic rings. The molecule has 578 valence electrons. The molecule has 0 aliphatic heterocycles. The number of anilines is 4. The number of rotatable bonds is 5. The van der Waals surface area contributed by atoms with Gasteiger partial charge in [0.15, 0.2) is 16.5 Å². The number of imide groups is 2. The van der Waals surface area contributed by atoms with Gasteiger partial charge in [0.25, 0.3) is 5.09 Å². The maximum atomic E-state index is 12.7. The second kappa shape index (κ2) is 41.0. The summed E-state index contributed by atoms with van der Waals surface area (Å²) in [6, 6.07) is 22.8. The van der Waals surface area contributed by atoms with Gasteiger partial charge < -0.3 is 48.8 Å². The van der Waals surface area contributed by atoms with Crippen LogP contribution in [-0.2, 0) is 60.3 Å². The van der Waals surface area contributed by atoms with Gasteiger partial charge in [-0.25, -0.2) is 53.5 Å². The molecule has 0 atom stereocenters. The van der Waals surface area contributed by atoms with E-state index in [1.807, 2.05) is 74.5 Å². The Morgan fingerprint density at radius 2 is 0.857 bits per heavy atom. The number of halogens is 2. The Hall–Kier alpha value is -7.48. The zero-order valence-electron chi connectivity index (χ0n) is 62.2. The Balaban J connectivity index is 0.000000656.